The van der Waals surface area contributed by atoms with E-state index in [0.29, 0.717) is 6.04 Å². The highest BCUT2D eigenvalue weighted by Gasteiger charge is 2.19. The minimum absolute atomic E-state index is 0.433. The van der Waals surface area contributed by atoms with E-state index in [1.165, 1.54) is 42.0 Å². The summed E-state index contributed by atoms with van der Waals surface area (Å²) in [7, 11) is 0. The SMILES string of the molecule is CCNC(Cc1nccs1)c1cc2c(s1)CCCCC2. The molecule has 2 aromatic rings. The van der Waals surface area contributed by atoms with Gasteiger partial charge in [0.05, 0.1) is 5.01 Å². The molecule has 0 spiro atoms. The van der Waals surface area contributed by atoms with Gasteiger partial charge in [-0.15, -0.1) is 22.7 Å². The summed E-state index contributed by atoms with van der Waals surface area (Å²) in [5.41, 5.74) is 1.62. The zero-order valence-corrected chi connectivity index (χ0v) is 13.7. The van der Waals surface area contributed by atoms with Crippen molar-refractivity contribution in [2.75, 3.05) is 6.54 Å². The molecule has 0 bridgehead atoms. The molecule has 3 rings (SSSR count). The fourth-order valence-corrected chi connectivity index (χ4v) is 4.91. The van der Waals surface area contributed by atoms with E-state index < -0.39 is 0 Å². The van der Waals surface area contributed by atoms with E-state index in [9.17, 15) is 0 Å². The van der Waals surface area contributed by atoms with Crippen molar-refractivity contribution >= 4 is 22.7 Å². The van der Waals surface area contributed by atoms with Crippen LogP contribution in [-0.4, -0.2) is 11.5 Å². The molecule has 20 heavy (non-hydrogen) atoms. The van der Waals surface area contributed by atoms with Crippen LogP contribution >= 0.6 is 22.7 Å². The summed E-state index contributed by atoms with van der Waals surface area (Å²) in [6.45, 7) is 3.20. The van der Waals surface area contributed by atoms with E-state index in [2.05, 4.69) is 28.7 Å². The van der Waals surface area contributed by atoms with Crippen LogP contribution in [0.15, 0.2) is 17.6 Å². The van der Waals surface area contributed by atoms with Gasteiger partial charge >= 0.3 is 0 Å². The molecular weight excluding hydrogens is 284 g/mol. The van der Waals surface area contributed by atoms with Crippen molar-refractivity contribution in [3.8, 4) is 0 Å². The maximum absolute atomic E-state index is 4.44. The molecule has 1 aliphatic carbocycles. The molecule has 1 aliphatic rings. The number of hydrogen-bond acceptors (Lipinski definition) is 4. The van der Waals surface area contributed by atoms with Crippen molar-refractivity contribution in [1.82, 2.24) is 10.3 Å². The van der Waals surface area contributed by atoms with E-state index in [4.69, 9.17) is 0 Å². The first-order valence-electron chi connectivity index (χ1n) is 7.60. The van der Waals surface area contributed by atoms with Gasteiger partial charge in [-0.05, 0) is 43.9 Å². The molecule has 0 radical (unpaired) electrons. The Morgan fingerprint density at radius 1 is 1.30 bits per heavy atom. The van der Waals surface area contributed by atoms with Crippen LogP contribution in [0.2, 0.25) is 0 Å². The highest BCUT2D eigenvalue weighted by molar-refractivity contribution is 7.12. The van der Waals surface area contributed by atoms with Crippen LogP contribution in [0.3, 0.4) is 0 Å². The molecule has 108 valence electrons. The summed E-state index contributed by atoms with van der Waals surface area (Å²) < 4.78 is 0. The topological polar surface area (TPSA) is 24.9 Å². The second-order valence-corrected chi connectivity index (χ2v) is 7.55. The summed E-state index contributed by atoms with van der Waals surface area (Å²) in [5.74, 6) is 0. The first-order valence-corrected chi connectivity index (χ1v) is 9.29. The van der Waals surface area contributed by atoms with Crippen LogP contribution in [0.4, 0.5) is 0 Å². The van der Waals surface area contributed by atoms with Crippen LogP contribution in [0.5, 0.6) is 0 Å². The summed E-state index contributed by atoms with van der Waals surface area (Å²) in [5, 5.41) is 6.95. The molecular formula is C16H22N2S2. The number of hydrogen-bond donors (Lipinski definition) is 1. The molecule has 2 heterocycles. The van der Waals surface area contributed by atoms with Crippen molar-refractivity contribution < 1.29 is 0 Å². The average Bonchev–Trinajstić information content (AvgIpc) is 3.04. The molecule has 0 fully saturated rings. The van der Waals surface area contributed by atoms with Gasteiger partial charge in [-0.2, -0.15) is 0 Å². The van der Waals surface area contributed by atoms with Gasteiger partial charge in [-0.1, -0.05) is 13.3 Å². The number of fused-ring (bicyclic) bond motifs is 1. The Bertz CT molecular complexity index is 507. The number of likely N-dealkylation sites (N-methyl/N-ethyl adjacent to an activating group) is 1. The molecule has 1 N–H and O–H groups in total. The molecule has 0 amide bonds. The van der Waals surface area contributed by atoms with Gasteiger partial charge in [0.2, 0.25) is 0 Å². The van der Waals surface area contributed by atoms with E-state index >= 15 is 0 Å². The maximum Gasteiger partial charge on any atom is 0.0944 e. The molecule has 1 atom stereocenters. The predicted octanol–water partition coefficient (Wildman–Crippen LogP) is 4.37. The predicted molar refractivity (Wildman–Crippen MR) is 87.8 cm³/mol. The van der Waals surface area contributed by atoms with Crippen LogP contribution in [0.25, 0.3) is 0 Å². The minimum atomic E-state index is 0.433. The average molecular weight is 307 g/mol. The smallest absolute Gasteiger partial charge is 0.0944 e. The van der Waals surface area contributed by atoms with Crippen molar-refractivity contribution in [3.63, 3.8) is 0 Å². The molecule has 2 nitrogen and oxygen atoms in total. The number of aryl methyl sites for hydroxylation is 2. The van der Waals surface area contributed by atoms with Gasteiger partial charge in [0, 0.05) is 33.8 Å². The molecule has 2 aromatic heterocycles. The molecule has 4 heteroatoms. The Hall–Kier alpha value is -0.710. The van der Waals surface area contributed by atoms with E-state index in [1.807, 2.05) is 17.5 Å². The standard InChI is InChI=1S/C16H22N2S2/c1-2-17-13(11-16-18-8-9-19-16)15-10-12-6-4-3-5-7-14(12)20-15/h8-10,13,17H,2-7,11H2,1H3. The normalized spacial score (nSPS) is 16.6. The van der Waals surface area contributed by atoms with E-state index in [1.54, 1.807) is 21.8 Å². The highest BCUT2D eigenvalue weighted by atomic mass is 32.1. The summed E-state index contributed by atoms with van der Waals surface area (Å²) in [6.07, 6.45) is 9.62. The fraction of sp³-hybridized carbons (Fsp3) is 0.562. The quantitative estimate of drug-likeness (QED) is 0.830. The zero-order chi connectivity index (χ0) is 13.8. The second kappa shape index (κ2) is 6.83. The Kier molecular flexibility index (Phi) is 4.86. The lowest BCUT2D eigenvalue weighted by atomic mass is 10.1. The van der Waals surface area contributed by atoms with Crippen LogP contribution in [0.1, 0.15) is 52.6 Å². The lowest BCUT2D eigenvalue weighted by Gasteiger charge is -2.15. The lowest BCUT2D eigenvalue weighted by molar-refractivity contribution is 0.556. The van der Waals surface area contributed by atoms with Crippen molar-refractivity contribution in [3.05, 3.63) is 38.0 Å². The van der Waals surface area contributed by atoms with E-state index in [-0.39, 0.29) is 0 Å². The van der Waals surface area contributed by atoms with Gasteiger partial charge in [-0.3, -0.25) is 0 Å². The largest absolute Gasteiger partial charge is 0.309 e. The van der Waals surface area contributed by atoms with Crippen LogP contribution in [0, 0.1) is 0 Å². The van der Waals surface area contributed by atoms with Crippen molar-refractivity contribution in [2.45, 2.75) is 51.5 Å². The summed E-state index contributed by atoms with van der Waals surface area (Å²) in [4.78, 5) is 7.59. The third-order valence-corrected chi connectivity index (χ3v) is 6.07. The van der Waals surface area contributed by atoms with Crippen LogP contribution < -0.4 is 5.32 Å². The van der Waals surface area contributed by atoms with E-state index in [0.717, 1.165) is 13.0 Å². The maximum atomic E-state index is 4.44. The number of aromatic nitrogens is 1. The Morgan fingerprint density at radius 3 is 3.00 bits per heavy atom. The number of thiazole rings is 1. The Morgan fingerprint density at radius 2 is 2.20 bits per heavy atom. The lowest BCUT2D eigenvalue weighted by Crippen LogP contribution is -2.22. The molecule has 0 saturated heterocycles. The zero-order valence-electron chi connectivity index (χ0n) is 12.0. The van der Waals surface area contributed by atoms with Gasteiger partial charge < -0.3 is 5.32 Å². The molecule has 0 saturated carbocycles. The van der Waals surface area contributed by atoms with Crippen molar-refractivity contribution in [2.24, 2.45) is 0 Å². The number of nitrogens with one attached hydrogen (secondary N) is 1. The fourth-order valence-electron chi connectivity index (χ4n) is 2.91. The summed E-state index contributed by atoms with van der Waals surface area (Å²) >= 11 is 3.80. The first-order chi connectivity index (χ1) is 9.86. The second-order valence-electron chi connectivity index (χ2n) is 5.40. The van der Waals surface area contributed by atoms with Gasteiger partial charge in [-0.25, -0.2) is 4.98 Å². The molecule has 0 aromatic carbocycles. The van der Waals surface area contributed by atoms with Crippen LogP contribution in [-0.2, 0) is 19.3 Å². The van der Waals surface area contributed by atoms with Gasteiger partial charge in [0.25, 0.3) is 0 Å². The van der Waals surface area contributed by atoms with Gasteiger partial charge in [0.15, 0.2) is 0 Å². The first kappa shape index (κ1) is 14.2. The molecule has 1 unspecified atom stereocenters. The molecule has 0 aliphatic heterocycles. The summed E-state index contributed by atoms with van der Waals surface area (Å²) in [6, 6.07) is 2.90. The van der Waals surface area contributed by atoms with Crippen molar-refractivity contribution in [1.29, 1.82) is 0 Å². The monoisotopic (exact) mass is 306 g/mol. The number of thiophene rings is 1. The highest BCUT2D eigenvalue weighted by Crippen LogP contribution is 2.33. The Labute approximate surface area is 129 Å². The van der Waals surface area contributed by atoms with Gasteiger partial charge in [0.1, 0.15) is 0 Å². The third kappa shape index (κ3) is 3.30. The number of rotatable bonds is 5. The number of nitrogens with zero attached hydrogens (tertiary/aromatic N) is 1. The Balaban J connectivity index is 1.80. The minimum Gasteiger partial charge on any atom is -0.309 e. The third-order valence-electron chi connectivity index (χ3n) is 3.92.